The average molecular weight is 369 g/mol. The predicted molar refractivity (Wildman–Crippen MR) is 96.8 cm³/mol. The number of benzene rings is 1. The van der Waals surface area contributed by atoms with Crippen molar-refractivity contribution in [2.24, 2.45) is 5.92 Å². The summed E-state index contributed by atoms with van der Waals surface area (Å²) in [6.07, 6.45) is 3.00. The van der Waals surface area contributed by atoms with Crippen molar-refractivity contribution in [2.45, 2.75) is 31.5 Å². The van der Waals surface area contributed by atoms with E-state index < -0.39 is 12.1 Å². The van der Waals surface area contributed by atoms with E-state index in [4.69, 9.17) is 4.74 Å². The molecule has 0 aliphatic heterocycles. The molecule has 2 aromatic heterocycles. The van der Waals surface area contributed by atoms with Crippen molar-refractivity contribution < 1.29 is 18.3 Å². The van der Waals surface area contributed by atoms with Crippen LogP contribution in [0.5, 0.6) is 5.75 Å². The van der Waals surface area contributed by atoms with Crippen LogP contribution in [0.4, 0.5) is 14.6 Å². The number of amides is 1. The summed E-state index contributed by atoms with van der Waals surface area (Å²) in [5, 5.41) is 3.34. The van der Waals surface area contributed by atoms with E-state index in [1.807, 2.05) is 0 Å². The molecular formula is C20H17F2N3O2. The first-order valence-electron chi connectivity index (χ1n) is 8.99. The van der Waals surface area contributed by atoms with Gasteiger partial charge in [0.15, 0.2) is 0 Å². The molecule has 2 fully saturated rings. The van der Waals surface area contributed by atoms with Gasteiger partial charge < -0.3 is 15.0 Å². The molecular weight excluding hydrogens is 352 g/mol. The van der Waals surface area contributed by atoms with Gasteiger partial charge in [-0.1, -0.05) is 6.07 Å². The van der Waals surface area contributed by atoms with Crippen molar-refractivity contribution in [2.75, 3.05) is 5.32 Å². The molecule has 2 unspecified atom stereocenters. The van der Waals surface area contributed by atoms with Gasteiger partial charge in [0.05, 0.1) is 17.6 Å². The second kappa shape index (κ2) is 6.04. The van der Waals surface area contributed by atoms with E-state index in [0.717, 1.165) is 12.8 Å². The molecule has 2 heterocycles. The van der Waals surface area contributed by atoms with Crippen LogP contribution in [-0.2, 0) is 4.79 Å². The van der Waals surface area contributed by atoms with Crippen molar-refractivity contribution in [3.63, 3.8) is 0 Å². The number of ether oxygens (including phenoxy) is 1. The maximum Gasteiger partial charge on any atom is 0.231 e. The third-order valence-corrected chi connectivity index (χ3v) is 4.90. The van der Waals surface area contributed by atoms with Crippen molar-refractivity contribution >= 4 is 22.8 Å². The van der Waals surface area contributed by atoms with Crippen LogP contribution in [0.3, 0.4) is 0 Å². The average Bonchev–Trinajstić information content (AvgIpc) is 3.55. The molecule has 138 valence electrons. The molecule has 0 saturated heterocycles. The molecule has 2 saturated carbocycles. The van der Waals surface area contributed by atoms with Crippen LogP contribution < -0.4 is 10.1 Å². The highest BCUT2D eigenvalue weighted by molar-refractivity contribution is 5.98. The largest absolute Gasteiger partial charge is 0.490 e. The number of rotatable bonds is 5. The smallest absolute Gasteiger partial charge is 0.231 e. The quantitative estimate of drug-likeness (QED) is 0.708. The number of aromatic amines is 1. The zero-order chi connectivity index (χ0) is 18.5. The van der Waals surface area contributed by atoms with Crippen LogP contribution in [0.15, 0.2) is 36.5 Å². The van der Waals surface area contributed by atoms with Gasteiger partial charge in [-0.3, -0.25) is 4.79 Å². The summed E-state index contributed by atoms with van der Waals surface area (Å²) in [6, 6.07) is 8.19. The second-order valence-electron chi connectivity index (χ2n) is 7.07. The standard InChI is InChI=1S/C20H17F2N3O2/c21-14-2-1-3-16(27-10-4-5-10)18(14)13-9-23-19-11(13)6-7-17(24-19)25-20(26)12-8-15(12)22/h1-3,6-7,9-10,12,15H,4-5,8H2,(H2,23,24,25,26). The lowest BCUT2D eigenvalue weighted by atomic mass is 10.0. The maximum atomic E-state index is 14.6. The Balaban J connectivity index is 1.49. The first-order chi connectivity index (χ1) is 13.1. The first kappa shape index (κ1) is 16.2. The second-order valence-corrected chi connectivity index (χ2v) is 7.07. The van der Waals surface area contributed by atoms with Crippen molar-refractivity contribution in [3.8, 4) is 16.9 Å². The molecule has 0 bridgehead atoms. The molecule has 27 heavy (non-hydrogen) atoms. The number of carbonyl (C=O) groups is 1. The Bertz CT molecular complexity index is 1040. The number of pyridine rings is 1. The van der Waals surface area contributed by atoms with Crippen molar-refractivity contribution in [1.29, 1.82) is 0 Å². The molecule has 2 atom stereocenters. The van der Waals surface area contributed by atoms with Gasteiger partial charge in [-0.15, -0.1) is 0 Å². The molecule has 5 rings (SSSR count). The highest BCUT2D eigenvalue weighted by Crippen LogP contribution is 2.40. The Hall–Kier alpha value is -2.96. The van der Waals surface area contributed by atoms with E-state index in [1.165, 1.54) is 6.07 Å². The summed E-state index contributed by atoms with van der Waals surface area (Å²) < 4.78 is 33.5. The highest BCUT2D eigenvalue weighted by Gasteiger charge is 2.43. The molecule has 3 aromatic rings. The molecule has 1 amide bonds. The van der Waals surface area contributed by atoms with Crippen molar-refractivity contribution in [1.82, 2.24) is 9.97 Å². The summed E-state index contributed by atoms with van der Waals surface area (Å²) in [5.41, 5.74) is 1.55. The van der Waals surface area contributed by atoms with Gasteiger partial charge in [-0.2, -0.15) is 0 Å². The lowest BCUT2D eigenvalue weighted by molar-refractivity contribution is -0.117. The van der Waals surface area contributed by atoms with Gasteiger partial charge in [-0.05, 0) is 43.5 Å². The van der Waals surface area contributed by atoms with Gasteiger partial charge >= 0.3 is 0 Å². The highest BCUT2D eigenvalue weighted by atomic mass is 19.1. The van der Waals surface area contributed by atoms with Gasteiger partial charge in [0.25, 0.3) is 0 Å². The zero-order valence-corrected chi connectivity index (χ0v) is 14.3. The minimum Gasteiger partial charge on any atom is -0.490 e. The SMILES string of the molecule is O=C(Nc1ccc2c(-c3c(F)cccc3OC3CC3)c[nH]c2n1)C1CC1F. The number of hydrogen-bond acceptors (Lipinski definition) is 3. The van der Waals surface area contributed by atoms with Crippen LogP contribution in [0.2, 0.25) is 0 Å². The van der Waals surface area contributed by atoms with Crippen molar-refractivity contribution in [3.05, 3.63) is 42.3 Å². The first-order valence-corrected chi connectivity index (χ1v) is 8.99. The van der Waals surface area contributed by atoms with E-state index in [9.17, 15) is 13.6 Å². The number of anilines is 1. The molecule has 0 radical (unpaired) electrons. The van der Waals surface area contributed by atoms with Gasteiger partial charge in [0, 0.05) is 17.1 Å². The number of carbonyl (C=O) groups excluding carboxylic acids is 1. The number of alkyl halides is 1. The third-order valence-electron chi connectivity index (χ3n) is 4.90. The Morgan fingerprint density at radius 3 is 2.81 bits per heavy atom. The fourth-order valence-corrected chi connectivity index (χ4v) is 3.16. The number of halogens is 2. The minimum absolute atomic E-state index is 0.150. The number of H-pyrrole nitrogens is 1. The molecule has 5 nitrogen and oxygen atoms in total. The van der Waals surface area contributed by atoms with Crippen LogP contribution in [0, 0.1) is 11.7 Å². The van der Waals surface area contributed by atoms with E-state index in [2.05, 4.69) is 15.3 Å². The molecule has 0 spiro atoms. The maximum absolute atomic E-state index is 14.6. The summed E-state index contributed by atoms with van der Waals surface area (Å²) >= 11 is 0. The normalized spacial score (nSPS) is 21.3. The Kier molecular flexibility index (Phi) is 3.63. The fraction of sp³-hybridized carbons (Fsp3) is 0.300. The number of hydrogen-bond donors (Lipinski definition) is 2. The van der Waals surface area contributed by atoms with Crippen LogP contribution in [0.25, 0.3) is 22.2 Å². The predicted octanol–water partition coefficient (Wildman–Crippen LogP) is 4.21. The Morgan fingerprint density at radius 1 is 1.26 bits per heavy atom. The number of fused-ring (bicyclic) bond motifs is 1. The lowest BCUT2D eigenvalue weighted by Gasteiger charge is -2.11. The molecule has 2 aliphatic carbocycles. The van der Waals surface area contributed by atoms with Gasteiger partial charge in [-0.25, -0.2) is 13.8 Å². The van der Waals surface area contributed by atoms with Crippen LogP contribution in [0.1, 0.15) is 19.3 Å². The fourth-order valence-electron chi connectivity index (χ4n) is 3.16. The third kappa shape index (κ3) is 3.03. The summed E-state index contributed by atoms with van der Waals surface area (Å²) in [7, 11) is 0. The summed E-state index contributed by atoms with van der Waals surface area (Å²) in [4.78, 5) is 19.3. The molecule has 2 N–H and O–H groups in total. The number of nitrogens with zero attached hydrogens (tertiary/aromatic N) is 1. The van der Waals surface area contributed by atoms with E-state index in [-0.39, 0.29) is 24.2 Å². The van der Waals surface area contributed by atoms with Gasteiger partial charge in [0.1, 0.15) is 29.2 Å². The minimum atomic E-state index is -1.06. The Morgan fingerprint density at radius 2 is 2.07 bits per heavy atom. The van der Waals surface area contributed by atoms with Crippen LogP contribution >= 0.6 is 0 Å². The number of nitrogens with one attached hydrogen (secondary N) is 2. The van der Waals surface area contributed by atoms with Crippen LogP contribution in [-0.4, -0.2) is 28.2 Å². The van der Waals surface area contributed by atoms with E-state index >= 15 is 0 Å². The topological polar surface area (TPSA) is 67.0 Å². The molecule has 7 heteroatoms. The number of aromatic nitrogens is 2. The summed E-state index contributed by atoms with van der Waals surface area (Å²) in [5.74, 6) is -0.465. The summed E-state index contributed by atoms with van der Waals surface area (Å²) in [6.45, 7) is 0. The van der Waals surface area contributed by atoms with E-state index in [0.29, 0.717) is 33.7 Å². The zero-order valence-electron chi connectivity index (χ0n) is 14.3. The lowest BCUT2D eigenvalue weighted by Crippen LogP contribution is -2.15. The Labute approximate surface area is 153 Å². The molecule has 1 aromatic carbocycles. The van der Waals surface area contributed by atoms with Gasteiger partial charge in [0.2, 0.25) is 5.91 Å². The van der Waals surface area contributed by atoms with E-state index in [1.54, 1.807) is 30.5 Å². The molecule has 2 aliphatic rings. The monoisotopic (exact) mass is 369 g/mol.